The Balaban J connectivity index is -0.0000000113. The van der Waals surface area contributed by atoms with Crippen LogP contribution in [-0.2, 0) is 429 Å². The quantitative estimate of drug-likeness (QED) is 0.118. The smallest absolute Gasteiger partial charge is 0.845 e. The molecule has 0 aliphatic carbocycles. The van der Waals surface area contributed by atoms with Crippen molar-refractivity contribution in [3.63, 3.8) is 0 Å². The number of nitrogens with zero attached hydrogens (tertiary/aromatic N) is 14. The first kappa shape index (κ1) is 191. The molecule has 476 valence electrons. The number of guanidine groups is 3. The number of hydrogen-bond donors (Lipinski definition) is 0. The number of amidine groups is 2. The van der Waals surface area contributed by atoms with Gasteiger partial charge in [0, 0.05) is 195 Å². The minimum absolute atomic E-state index is 0. The van der Waals surface area contributed by atoms with Crippen molar-refractivity contribution in [2.45, 2.75) is 127 Å². The van der Waals surface area contributed by atoms with Gasteiger partial charge in [-0.2, -0.15) is 11.9 Å². The van der Waals surface area contributed by atoms with E-state index in [0.29, 0.717) is 17.9 Å². The van der Waals surface area contributed by atoms with Crippen molar-refractivity contribution in [3.05, 3.63) is 65.2 Å². The molecule has 12 radical (unpaired) electrons. The maximum Gasteiger partial charge on any atom is 1.00 e. The maximum absolute atomic E-state index is 8.69. The van der Waals surface area contributed by atoms with E-state index in [-0.39, 0.29) is 482 Å². The van der Waals surface area contributed by atoms with Crippen LogP contribution in [0.5, 0.6) is 0 Å². The third-order valence-corrected chi connectivity index (χ3v) is 4.25. The van der Waals surface area contributed by atoms with E-state index in [9.17, 15) is 0 Å². The minimum Gasteiger partial charge on any atom is -0.845 e. The topological polar surface area (TPSA) is 277 Å². The standard InChI is InChI=1S/2C5H11N3.C5H10N3.3C5H11N2.C5H10N2.22Ru/c3*1-4(2)8-5(6)7-3;2*1-5(2)7-4-6-3;2*1-4(2)5(6)7-3;;;;;;;;;;;;;;;;;;;;;;/h2*4H,1-3H3,(H-2,6,7,8);4H,1-3H3;2*4-5H,1-3H3;4H,1-3H3,(H-,6,7);4H,1-3H3;;;;;;;;;;;;;;;;;;;;;;/q2*-2;-3;3*-1;-2;;;;;;;;;;;12*+1. The van der Waals surface area contributed by atoms with Crippen LogP contribution in [0.4, 0.5) is 0 Å². The summed E-state index contributed by atoms with van der Waals surface area (Å²) in [5, 5.41) is 43.0. The summed E-state index contributed by atoms with van der Waals surface area (Å²) in [6, 6.07) is 1.25. The summed E-state index contributed by atoms with van der Waals surface area (Å²) in [4.78, 5) is 18.7. The molecule has 39 heteroatoms. The van der Waals surface area contributed by atoms with E-state index < -0.39 is 0 Å². The van der Waals surface area contributed by atoms with Crippen LogP contribution in [0, 0.1) is 11.8 Å². The molecule has 0 fully saturated rings. The molecule has 3 N–H and O–H groups in total. The van der Waals surface area contributed by atoms with E-state index in [1.807, 2.05) is 96.9 Å². The Morgan fingerprint density at radius 2 is 0.757 bits per heavy atom. The van der Waals surface area contributed by atoms with Crippen LogP contribution in [0.15, 0.2) is 25.0 Å². The monoisotopic (exact) mass is 2980 g/mol. The predicted molar refractivity (Wildman–Crippen MR) is 239 cm³/mol. The van der Waals surface area contributed by atoms with E-state index in [1.54, 1.807) is 55.0 Å². The Bertz CT molecular complexity index is 983. The molecule has 0 saturated heterocycles. The minimum atomic E-state index is -0.125. The summed E-state index contributed by atoms with van der Waals surface area (Å²) in [6.45, 7) is 27.2. The molecular weight excluding hydrogens is 2880 g/mol. The number of rotatable bonds is 9. The predicted octanol–water partition coefficient (Wildman–Crippen LogP) is 11.4. The van der Waals surface area contributed by atoms with Gasteiger partial charge in [0.05, 0.1) is 0 Å². The number of aliphatic imine (C=N–C) groups is 5. The fourth-order valence-electron chi connectivity index (χ4n) is 1.81. The summed E-state index contributed by atoms with van der Waals surface area (Å²) in [5.74, 6) is 1.27. The van der Waals surface area contributed by atoms with E-state index in [2.05, 4.69) is 62.2 Å². The Kier molecular flexibility index (Phi) is 400. The summed E-state index contributed by atoms with van der Waals surface area (Å²) in [7, 11) is 11.3. The Morgan fingerprint density at radius 1 is 0.419 bits per heavy atom. The van der Waals surface area contributed by atoms with Crippen molar-refractivity contribution in [2.75, 3.05) is 49.3 Å². The first-order valence-electron chi connectivity index (χ1n) is 17.1. The maximum atomic E-state index is 8.69. The second-order valence-corrected chi connectivity index (χ2v) is 12.0. The molecule has 74 heavy (non-hydrogen) atoms. The molecule has 0 aliphatic heterocycles. The van der Waals surface area contributed by atoms with Crippen molar-refractivity contribution in [1.82, 2.24) is 0 Å². The SMILES string of the molecule is CN=C([NH-])C(C)C.CN=C([NH-])[N-]C(C)C.CN=C[N-]C(C)C.C[N-]C(=[N-])C(C)C.C[N-]C(=[N-])[N-]C(C)C.C[N-]C([NH-])=NC(C)C.C[N-]C=NC(C)C.[Ru+].[Ru+].[Ru+].[Ru+].[Ru+].[Ru+].[Ru+].[Ru+].[Ru+].[Ru+].[Ru+].[Ru+].[Ru].[Ru].[Ru].[Ru].[Ru].[Ru].[Ru].[Ru].[Ru].[Ru]. The van der Waals surface area contributed by atoms with E-state index in [4.69, 9.17) is 28.0 Å². The van der Waals surface area contributed by atoms with Crippen LogP contribution in [0.1, 0.15) is 96.9 Å². The molecule has 0 aliphatic rings. The molecule has 17 nitrogen and oxygen atoms in total. The third-order valence-electron chi connectivity index (χ3n) is 4.25. The van der Waals surface area contributed by atoms with Gasteiger partial charge in [-0.15, -0.1) is 32.8 Å². The molecule has 0 atom stereocenters. The first-order chi connectivity index (χ1) is 23.9. The molecule has 0 heterocycles. The zero-order valence-corrected chi connectivity index (χ0v) is 82.5. The molecule has 0 unspecified atom stereocenters. The fourth-order valence-corrected chi connectivity index (χ4v) is 1.81. The number of nitrogens with one attached hydrogen (secondary N) is 3. The molecule has 0 aromatic rings. The van der Waals surface area contributed by atoms with Crippen LogP contribution < -0.4 is 0 Å². The van der Waals surface area contributed by atoms with Gasteiger partial charge < -0.3 is 102 Å². The summed E-state index contributed by atoms with van der Waals surface area (Å²) in [5.41, 5.74) is 20.9. The van der Waals surface area contributed by atoms with Gasteiger partial charge in [-0.25, -0.2) is 0 Å². The van der Waals surface area contributed by atoms with Crippen molar-refractivity contribution < 1.29 is 429 Å². The normalized spacial score (nSPS) is 7.76. The van der Waals surface area contributed by atoms with Crippen LogP contribution in [0.2, 0.25) is 0 Å². The zero-order valence-electron chi connectivity index (χ0n) is 44.2. The molecule has 0 aromatic heterocycles. The molecule has 0 spiro atoms. The van der Waals surface area contributed by atoms with Crippen molar-refractivity contribution in [3.8, 4) is 0 Å². The second kappa shape index (κ2) is 155. The van der Waals surface area contributed by atoms with Crippen LogP contribution in [-0.4, -0.2) is 122 Å². The van der Waals surface area contributed by atoms with E-state index in [0.717, 1.165) is 0 Å². The van der Waals surface area contributed by atoms with Crippen LogP contribution in [0.3, 0.4) is 0 Å². The van der Waals surface area contributed by atoms with Crippen molar-refractivity contribution >= 4 is 42.2 Å². The van der Waals surface area contributed by atoms with E-state index >= 15 is 0 Å². The first-order valence-corrected chi connectivity index (χ1v) is 17.1. The average Bonchev–Trinajstić information content (AvgIpc) is 3.06. The van der Waals surface area contributed by atoms with Crippen molar-refractivity contribution in [1.29, 1.82) is 0 Å². The summed E-state index contributed by atoms with van der Waals surface area (Å²) >= 11 is 0. The van der Waals surface area contributed by atoms with Crippen LogP contribution in [0.25, 0.3) is 65.2 Å². The Labute approximate surface area is 735 Å². The molecular formula is C35H75N17Ru22. The molecule has 0 bridgehead atoms. The average molecular weight is 2960 g/mol. The van der Waals surface area contributed by atoms with Gasteiger partial charge in [0.1, 0.15) is 0 Å². The van der Waals surface area contributed by atoms with Gasteiger partial charge in [-0.05, 0) is 18.0 Å². The Morgan fingerprint density at radius 3 is 0.824 bits per heavy atom. The van der Waals surface area contributed by atoms with Gasteiger partial charge in [0.25, 0.3) is 0 Å². The largest absolute Gasteiger partial charge is 1.00 e. The van der Waals surface area contributed by atoms with Crippen LogP contribution >= 0.6 is 0 Å². The second-order valence-electron chi connectivity index (χ2n) is 12.0. The van der Waals surface area contributed by atoms with Gasteiger partial charge in [0.2, 0.25) is 0 Å². The zero-order chi connectivity index (χ0) is 42.8. The van der Waals surface area contributed by atoms with E-state index in [1.165, 1.54) is 7.05 Å². The fraction of sp³-hybridized carbons (Fsp3) is 0.800. The molecule has 0 amide bonds. The van der Waals surface area contributed by atoms with Gasteiger partial charge in [-0.1, -0.05) is 156 Å². The van der Waals surface area contributed by atoms with Gasteiger partial charge >= 0.3 is 234 Å². The summed E-state index contributed by atoms with van der Waals surface area (Å²) in [6.07, 6.45) is 3.15. The van der Waals surface area contributed by atoms with Gasteiger partial charge in [-0.3, -0.25) is 0 Å². The Hall–Kier alpha value is 9.40. The molecule has 0 rings (SSSR count). The summed E-state index contributed by atoms with van der Waals surface area (Å²) < 4.78 is 0. The van der Waals surface area contributed by atoms with Crippen molar-refractivity contribution in [2.24, 2.45) is 36.8 Å². The molecule has 0 saturated carbocycles. The van der Waals surface area contributed by atoms with Gasteiger partial charge in [0.15, 0.2) is 0 Å². The number of hydrogen-bond acceptors (Lipinski definition) is 5. The third kappa shape index (κ3) is 234. The molecule has 0 aromatic carbocycles.